The second kappa shape index (κ2) is 5.52. The number of hydrogen-bond donors (Lipinski definition) is 0. The Morgan fingerprint density at radius 1 is 1.19 bits per heavy atom. The highest BCUT2D eigenvalue weighted by Crippen LogP contribution is 2.13. The molecule has 5 heteroatoms. The number of hydrogen-bond acceptors (Lipinski definition) is 4. The average molecular weight is 283 g/mol. The Morgan fingerprint density at radius 3 is 2.81 bits per heavy atom. The van der Waals surface area contributed by atoms with Crippen LogP contribution in [0, 0.1) is 5.92 Å². The van der Waals surface area contributed by atoms with Gasteiger partial charge in [0.05, 0.1) is 5.52 Å². The first-order valence-corrected chi connectivity index (χ1v) is 7.03. The van der Waals surface area contributed by atoms with Gasteiger partial charge in [-0.1, -0.05) is 37.2 Å². The van der Waals surface area contributed by atoms with Gasteiger partial charge in [-0.15, -0.1) is 0 Å². The van der Waals surface area contributed by atoms with Crippen molar-refractivity contribution in [3.8, 4) is 0 Å². The van der Waals surface area contributed by atoms with Gasteiger partial charge in [-0.2, -0.15) is 4.98 Å². The van der Waals surface area contributed by atoms with Crippen LogP contribution in [-0.2, 0) is 13.0 Å². The minimum atomic E-state index is -0.0719. The number of nitrogens with zero attached hydrogens (tertiary/aromatic N) is 3. The largest absolute Gasteiger partial charge is 0.337 e. The maximum atomic E-state index is 12.1. The van der Waals surface area contributed by atoms with Crippen molar-refractivity contribution < 1.29 is 4.52 Å². The van der Waals surface area contributed by atoms with Crippen molar-refractivity contribution in [2.24, 2.45) is 5.92 Å². The Bertz CT molecular complexity index is 818. The molecule has 0 aliphatic carbocycles. The van der Waals surface area contributed by atoms with Crippen molar-refractivity contribution >= 4 is 10.9 Å². The van der Waals surface area contributed by atoms with E-state index < -0.39 is 0 Å². The topological polar surface area (TPSA) is 60.9 Å². The van der Waals surface area contributed by atoms with E-state index in [0.717, 1.165) is 17.3 Å². The van der Waals surface area contributed by atoms with Gasteiger partial charge in [0.15, 0.2) is 5.82 Å². The zero-order valence-corrected chi connectivity index (χ0v) is 12.1. The first kappa shape index (κ1) is 13.5. The predicted molar refractivity (Wildman–Crippen MR) is 80.2 cm³/mol. The lowest BCUT2D eigenvalue weighted by Gasteiger charge is -2.06. The van der Waals surface area contributed by atoms with Crippen LogP contribution in [0.1, 0.15) is 25.6 Å². The summed E-state index contributed by atoms with van der Waals surface area (Å²) in [6, 6.07) is 11.1. The van der Waals surface area contributed by atoms with Gasteiger partial charge in [0, 0.05) is 12.5 Å². The summed E-state index contributed by atoms with van der Waals surface area (Å²) in [5, 5.41) is 4.97. The minimum absolute atomic E-state index is 0.0719. The van der Waals surface area contributed by atoms with Crippen LogP contribution in [0.4, 0.5) is 0 Å². The van der Waals surface area contributed by atoms with E-state index in [1.807, 2.05) is 30.3 Å². The summed E-state index contributed by atoms with van der Waals surface area (Å²) in [6.45, 7) is 4.50. The second-order valence-corrected chi connectivity index (χ2v) is 5.52. The van der Waals surface area contributed by atoms with E-state index in [0.29, 0.717) is 24.2 Å². The highest BCUT2D eigenvalue weighted by molar-refractivity contribution is 5.78. The van der Waals surface area contributed by atoms with Gasteiger partial charge >= 0.3 is 0 Å². The van der Waals surface area contributed by atoms with Gasteiger partial charge in [0.1, 0.15) is 6.54 Å². The summed E-state index contributed by atoms with van der Waals surface area (Å²) < 4.78 is 6.91. The summed E-state index contributed by atoms with van der Waals surface area (Å²) in [4.78, 5) is 16.5. The van der Waals surface area contributed by atoms with Crippen molar-refractivity contribution in [2.75, 3.05) is 0 Å². The summed E-state index contributed by atoms with van der Waals surface area (Å²) in [7, 11) is 0. The van der Waals surface area contributed by atoms with E-state index in [9.17, 15) is 4.79 Å². The lowest BCUT2D eigenvalue weighted by molar-refractivity contribution is 0.364. The van der Waals surface area contributed by atoms with Crippen LogP contribution in [0.3, 0.4) is 0 Å². The van der Waals surface area contributed by atoms with Gasteiger partial charge in [0.25, 0.3) is 5.56 Å². The molecule has 0 aliphatic heterocycles. The van der Waals surface area contributed by atoms with Crippen molar-refractivity contribution in [3.63, 3.8) is 0 Å². The van der Waals surface area contributed by atoms with Crippen molar-refractivity contribution in [2.45, 2.75) is 26.8 Å². The Hall–Kier alpha value is -2.43. The van der Waals surface area contributed by atoms with E-state index >= 15 is 0 Å². The zero-order chi connectivity index (χ0) is 14.8. The molecule has 5 nitrogen and oxygen atoms in total. The van der Waals surface area contributed by atoms with Crippen LogP contribution in [0.5, 0.6) is 0 Å². The lowest BCUT2D eigenvalue weighted by atomic mass is 10.1. The second-order valence-electron chi connectivity index (χ2n) is 5.52. The monoisotopic (exact) mass is 283 g/mol. The fraction of sp³-hybridized carbons (Fsp3) is 0.312. The molecule has 3 rings (SSSR count). The molecule has 0 amide bonds. The maximum Gasteiger partial charge on any atom is 0.251 e. The molecule has 0 unspecified atom stereocenters. The molecule has 3 aromatic rings. The van der Waals surface area contributed by atoms with Crippen LogP contribution in [-0.4, -0.2) is 14.7 Å². The smallest absolute Gasteiger partial charge is 0.251 e. The van der Waals surface area contributed by atoms with Gasteiger partial charge in [-0.3, -0.25) is 9.36 Å². The van der Waals surface area contributed by atoms with Gasteiger partial charge in [0.2, 0.25) is 5.89 Å². The molecule has 0 fully saturated rings. The Morgan fingerprint density at radius 2 is 2.00 bits per heavy atom. The molecule has 0 saturated heterocycles. The molecule has 2 heterocycles. The van der Waals surface area contributed by atoms with Crippen molar-refractivity contribution in [1.82, 2.24) is 14.7 Å². The number of fused-ring (bicyclic) bond motifs is 1. The molecule has 1 aromatic carbocycles. The highest BCUT2D eigenvalue weighted by atomic mass is 16.5. The fourth-order valence-corrected chi connectivity index (χ4v) is 2.34. The number of aromatic nitrogens is 3. The fourth-order valence-electron chi connectivity index (χ4n) is 2.34. The van der Waals surface area contributed by atoms with E-state index in [-0.39, 0.29) is 5.56 Å². The van der Waals surface area contributed by atoms with Crippen LogP contribution in [0.25, 0.3) is 10.9 Å². The molecule has 0 N–H and O–H groups in total. The minimum Gasteiger partial charge on any atom is -0.337 e. The molecule has 0 atom stereocenters. The van der Waals surface area contributed by atoms with E-state index in [2.05, 4.69) is 24.0 Å². The Labute approximate surface area is 122 Å². The quantitative estimate of drug-likeness (QED) is 0.738. The van der Waals surface area contributed by atoms with Gasteiger partial charge in [-0.25, -0.2) is 0 Å². The lowest BCUT2D eigenvalue weighted by Crippen LogP contribution is -2.20. The van der Waals surface area contributed by atoms with E-state index in [1.54, 1.807) is 10.6 Å². The summed E-state index contributed by atoms with van der Waals surface area (Å²) in [5.41, 5.74) is 0.797. The molecule has 0 aliphatic rings. The summed E-state index contributed by atoms with van der Waals surface area (Å²) in [5.74, 6) is 1.62. The van der Waals surface area contributed by atoms with Crippen LogP contribution in [0.15, 0.2) is 45.7 Å². The third-order valence-electron chi connectivity index (χ3n) is 3.29. The zero-order valence-electron chi connectivity index (χ0n) is 12.1. The molecule has 0 saturated carbocycles. The van der Waals surface area contributed by atoms with Crippen molar-refractivity contribution in [1.29, 1.82) is 0 Å². The molecule has 0 spiro atoms. The van der Waals surface area contributed by atoms with Crippen LogP contribution in [0.2, 0.25) is 0 Å². The number of pyridine rings is 1. The SMILES string of the molecule is CC(C)Cc1noc(Cn2c(=O)ccc3ccccc32)n1. The number of para-hydroxylation sites is 1. The summed E-state index contributed by atoms with van der Waals surface area (Å²) in [6.07, 6.45) is 0.772. The Kier molecular flexibility index (Phi) is 3.56. The Balaban J connectivity index is 1.96. The molecule has 0 radical (unpaired) electrons. The first-order valence-electron chi connectivity index (χ1n) is 7.03. The average Bonchev–Trinajstić information content (AvgIpc) is 2.88. The van der Waals surface area contributed by atoms with E-state index in [4.69, 9.17) is 4.52 Å². The molecular formula is C16H17N3O2. The highest BCUT2D eigenvalue weighted by Gasteiger charge is 2.11. The molecule has 108 valence electrons. The van der Waals surface area contributed by atoms with E-state index in [1.165, 1.54) is 0 Å². The normalized spacial score (nSPS) is 11.4. The number of rotatable bonds is 4. The standard InChI is InChI=1S/C16H17N3O2/c1-11(2)9-14-17-15(21-18-14)10-19-13-6-4-3-5-12(13)7-8-16(19)20/h3-8,11H,9-10H2,1-2H3. The van der Waals surface area contributed by atoms with Gasteiger partial charge in [-0.05, 0) is 23.4 Å². The van der Waals surface area contributed by atoms with Crippen LogP contribution < -0.4 is 5.56 Å². The van der Waals surface area contributed by atoms with Crippen LogP contribution >= 0.6 is 0 Å². The third kappa shape index (κ3) is 2.86. The third-order valence-corrected chi connectivity index (χ3v) is 3.29. The van der Waals surface area contributed by atoms with Gasteiger partial charge < -0.3 is 4.52 Å². The molecule has 2 aromatic heterocycles. The molecule has 21 heavy (non-hydrogen) atoms. The molecule has 0 bridgehead atoms. The molecular weight excluding hydrogens is 266 g/mol. The summed E-state index contributed by atoms with van der Waals surface area (Å²) >= 11 is 0. The first-order chi connectivity index (χ1) is 10.1. The predicted octanol–water partition coefficient (Wildman–Crippen LogP) is 2.63. The maximum absolute atomic E-state index is 12.1. The van der Waals surface area contributed by atoms with Crippen molar-refractivity contribution in [3.05, 3.63) is 58.5 Å². The number of benzene rings is 1.